The summed E-state index contributed by atoms with van der Waals surface area (Å²) in [5.41, 5.74) is 0. The van der Waals surface area contributed by atoms with Crippen LogP contribution in [0.15, 0.2) is 11.2 Å². The molecule has 7 heteroatoms. The Morgan fingerprint density at radius 2 is 1.95 bits per heavy atom. The molecule has 1 rings (SSSR count). The molecule has 0 atom stereocenters. The first-order valence-corrected chi connectivity index (χ1v) is 8.73. The monoisotopic (exact) mass is 439 g/mol. The highest BCUT2D eigenvalue weighted by molar-refractivity contribution is 14.0. The molecule has 0 fully saturated rings. The van der Waals surface area contributed by atoms with Crippen LogP contribution in [0.4, 0.5) is 0 Å². The van der Waals surface area contributed by atoms with Crippen molar-refractivity contribution < 1.29 is 0 Å². The van der Waals surface area contributed by atoms with Crippen LogP contribution in [0, 0.1) is 0 Å². The quantitative estimate of drug-likeness (QED) is 0.353. The Kier molecular flexibility index (Phi) is 12.8. The molecular formula is C15H30IN5S. The van der Waals surface area contributed by atoms with Gasteiger partial charge >= 0.3 is 0 Å². The summed E-state index contributed by atoms with van der Waals surface area (Å²) >= 11 is 1.75. The number of likely N-dealkylation sites (N-methyl/N-ethyl adjacent to an activating group) is 1. The van der Waals surface area contributed by atoms with Gasteiger partial charge in [0.05, 0.1) is 6.54 Å². The van der Waals surface area contributed by atoms with Gasteiger partial charge in [-0.2, -0.15) is 0 Å². The van der Waals surface area contributed by atoms with Gasteiger partial charge in [0.25, 0.3) is 0 Å². The Morgan fingerprint density at radius 1 is 1.23 bits per heavy atom. The second-order valence-corrected chi connectivity index (χ2v) is 5.92. The van der Waals surface area contributed by atoms with Crippen molar-refractivity contribution in [2.75, 3.05) is 32.7 Å². The molecular weight excluding hydrogens is 409 g/mol. The van der Waals surface area contributed by atoms with Crippen molar-refractivity contribution in [2.24, 2.45) is 4.99 Å². The van der Waals surface area contributed by atoms with E-state index in [0.29, 0.717) is 6.54 Å². The Labute approximate surface area is 156 Å². The van der Waals surface area contributed by atoms with Gasteiger partial charge in [0.15, 0.2) is 5.96 Å². The van der Waals surface area contributed by atoms with E-state index in [9.17, 15) is 0 Å². The number of nitrogens with zero attached hydrogens (tertiary/aromatic N) is 3. The predicted molar refractivity (Wildman–Crippen MR) is 108 cm³/mol. The molecule has 0 saturated heterocycles. The number of nitrogens with one attached hydrogen (secondary N) is 2. The van der Waals surface area contributed by atoms with E-state index in [4.69, 9.17) is 0 Å². The number of hydrogen-bond acceptors (Lipinski definition) is 4. The minimum absolute atomic E-state index is 0. The number of aromatic nitrogens is 1. The molecule has 0 aliphatic heterocycles. The van der Waals surface area contributed by atoms with Gasteiger partial charge < -0.3 is 15.5 Å². The van der Waals surface area contributed by atoms with Crippen LogP contribution in [0.3, 0.4) is 0 Å². The first-order chi connectivity index (χ1) is 10.2. The Morgan fingerprint density at radius 3 is 2.50 bits per heavy atom. The van der Waals surface area contributed by atoms with Crippen LogP contribution < -0.4 is 10.6 Å². The zero-order valence-electron chi connectivity index (χ0n) is 14.2. The number of aliphatic imine (C=N–C) groups is 1. The van der Waals surface area contributed by atoms with Crippen LogP contribution in [0.1, 0.15) is 37.6 Å². The molecule has 128 valence electrons. The van der Waals surface area contributed by atoms with Crippen LogP contribution >= 0.6 is 35.3 Å². The molecule has 2 N–H and O–H groups in total. The first-order valence-electron chi connectivity index (χ1n) is 7.91. The molecule has 0 amide bonds. The van der Waals surface area contributed by atoms with E-state index < -0.39 is 0 Å². The average Bonchev–Trinajstić information content (AvgIpc) is 2.97. The number of halogens is 1. The SMILES string of the molecule is CCNC(=NCc1ncc(CC)s1)NCCN(CC)CC.I. The minimum atomic E-state index is 0. The van der Waals surface area contributed by atoms with Crippen LogP contribution in [0.2, 0.25) is 0 Å². The van der Waals surface area contributed by atoms with Crippen molar-refractivity contribution in [3.8, 4) is 0 Å². The molecule has 0 bridgehead atoms. The smallest absolute Gasteiger partial charge is 0.191 e. The van der Waals surface area contributed by atoms with Crippen molar-refractivity contribution in [2.45, 2.75) is 40.7 Å². The fourth-order valence-corrected chi connectivity index (χ4v) is 2.73. The molecule has 1 heterocycles. The lowest BCUT2D eigenvalue weighted by Crippen LogP contribution is -2.41. The zero-order valence-corrected chi connectivity index (χ0v) is 17.3. The van der Waals surface area contributed by atoms with E-state index in [1.54, 1.807) is 11.3 Å². The van der Waals surface area contributed by atoms with Crippen LogP contribution in [0.5, 0.6) is 0 Å². The van der Waals surface area contributed by atoms with Gasteiger partial charge in [-0.25, -0.2) is 9.98 Å². The predicted octanol–water partition coefficient (Wildman–Crippen LogP) is 2.72. The van der Waals surface area contributed by atoms with Gasteiger partial charge in [0.2, 0.25) is 0 Å². The lowest BCUT2D eigenvalue weighted by Gasteiger charge is -2.19. The zero-order chi connectivity index (χ0) is 15.5. The summed E-state index contributed by atoms with van der Waals surface area (Å²) < 4.78 is 0. The number of rotatable bonds is 9. The van der Waals surface area contributed by atoms with E-state index in [0.717, 1.165) is 50.1 Å². The molecule has 0 aromatic carbocycles. The highest BCUT2D eigenvalue weighted by Crippen LogP contribution is 2.13. The standard InChI is InChI=1S/C15H29N5S.HI/c1-5-13-11-18-14(21-13)12-19-15(16-6-2)17-9-10-20(7-3)8-4;/h11H,5-10,12H2,1-4H3,(H2,16,17,19);1H. The van der Waals surface area contributed by atoms with E-state index >= 15 is 0 Å². The molecule has 0 radical (unpaired) electrons. The number of thiazole rings is 1. The summed E-state index contributed by atoms with van der Waals surface area (Å²) in [7, 11) is 0. The van der Waals surface area contributed by atoms with E-state index in [1.165, 1.54) is 4.88 Å². The minimum Gasteiger partial charge on any atom is -0.357 e. The van der Waals surface area contributed by atoms with Gasteiger partial charge in [-0.3, -0.25) is 0 Å². The van der Waals surface area contributed by atoms with Crippen LogP contribution in [0.25, 0.3) is 0 Å². The van der Waals surface area contributed by atoms with E-state index in [1.807, 2.05) is 6.20 Å². The fraction of sp³-hybridized carbons (Fsp3) is 0.733. The maximum absolute atomic E-state index is 4.60. The summed E-state index contributed by atoms with van der Waals surface area (Å²) in [5.74, 6) is 0.873. The normalized spacial score (nSPS) is 11.4. The molecule has 22 heavy (non-hydrogen) atoms. The molecule has 0 unspecified atom stereocenters. The molecule has 0 spiro atoms. The van der Waals surface area contributed by atoms with Crippen LogP contribution in [-0.2, 0) is 13.0 Å². The Hall–Kier alpha value is -0.410. The third-order valence-electron chi connectivity index (χ3n) is 3.28. The summed E-state index contributed by atoms with van der Waals surface area (Å²) in [4.78, 5) is 12.7. The number of guanidine groups is 1. The molecule has 1 aromatic heterocycles. The van der Waals surface area contributed by atoms with Crippen molar-refractivity contribution in [3.05, 3.63) is 16.1 Å². The van der Waals surface area contributed by atoms with Crippen molar-refractivity contribution in [1.82, 2.24) is 20.5 Å². The molecule has 0 aliphatic rings. The van der Waals surface area contributed by atoms with Crippen molar-refractivity contribution in [1.29, 1.82) is 0 Å². The lowest BCUT2D eigenvalue weighted by molar-refractivity contribution is 0.308. The third kappa shape index (κ3) is 8.28. The molecule has 0 aliphatic carbocycles. The lowest BCUT2D eigenvalue weighted by atomic mass is 10.4. The Balaban J connectivity index is 0.00000441. The topological polar surface area (TPSA) is 52.6 Å². The van der Waals surface area contributed by atoms with Gasteiger partial charge in [-0.1, -0.05) is 20.8 Å². The second kappa shape index (κ2) is 13.1. The van der Waals surface area contributed by atoms with Crippen molar-refractivity contribution >= 4 is 41.3 Å². The number of aryl methyl sites for hydroxylation is 1. The highest BCUT2D eigenvalue weighted by Gasteiger charge is 2.03. The highest BCUT2D eigenvalue weighted by atomic mass is 127. The number of hydrogen-bond donors (Lipinski definition) is 2. The van der Waals surface area contributed by atoms with Gasteiger partial charge in [0.1, 0.15) is 5.01 Å². The van der Waals surface area contributed by atoms with Crippen molar-refractivity contribution in [3.63, 3.8) is 0 Å². The first kappa shape index (κ1) is 21.6. The van der Waals surface area contributed by atoms with Crippen LogP contribution in [-0.4, -0.2) is 48.6 Å². The second-order valence-electron chi connectivity index (χ2n) is 4.72. The molecule has 1 aromatic rings. The van der Waals surface area contributed by atoms with Gasteiger partial charge in [-0.05, 0) is 26.4 Å². The summed E-state index contributed by atoms with van der Waals surface area (Å²) in [6.07, 6.45) is 3.00. The van der Waals surface area contributed by atoms with Gasteiger partial charge in [0, 0.05) is 30.7 Å². The largest absolute Gasteiger partial charge is 0.357 e. The maximum Gasteiger partial charge on any atom is 0.191 e. The van der Waals surface area contributed by atoms with Gasteiger partial charge in [-0.15, -0.1) is 35.3 Å². The maximum atomic E-state index is 4.60. The summed E-state index contributed by atoms with van der Waals surface area (Å²) in [5, 5.41) is 7.74. The Bertz CT molecular complexity index is 418. The molecule has 0 saturated carbocycles. The summed E-state index contributed by atoms with van der Waals surface area (Å²) in [6.45, 7) is 14.3. The summed E-state index contributed by atoms with van der Waals surface area (Å²) in [6, 6.07) is 0. The van der Waals surface area contributed by atoms with E-state index in [-0.39, 0.29) is 24.0 Å². The third-order valence-corrected chi connectivity index (χ3v) is 4.41. The molecule has 5 nitrogen and oxygen atoms in total. The fourth-order valence-electron chi connectivity index (χ4n) is 1.95. The van der Waals surface area contributed by atoms with E-state index in [2.05, 4.69) is 53.2 Å². The average molecular weight is 439 g/mol.